The second kappa shape index (κ2) is 8.18. The number of para-hydroxylation sites is 1. The molecule has 5 nitrogen and oxygen atoms in total. The van der Waals surface area contributed by atoms with Crippen molar-refractivity contribution in [2.45, 2.75) is 0 Å². The van der Waals surface area contributed by atoms with Gasteiger partial charge in [-0.1, -0.05) is 41.9 Å². The lowest BCUT2D eigenvalue weighted by Crippen LogP contribution is -2.30. The average Bonchev–Trinajstić information content (AvgIpc) is 3.18. The van der Waals surface area contributed by atoms with E-state index in [9.17, 15) is 9.59 Å². The Labute approximate surface area is 155 Å². The van der Waals surface area contributed by atoms with Crippen LogP contribution in [0.1, 0.15) is 16.1 Å². The van der Waals surface area contributed by atoms with E-state index < -0.39 is 11.8 Å². The molecule has 0 fully saturated rings. The summed E-state index contributed by atoms with van der Waals surface area (Å²) >= 11 is 5.89. The Bertz CT molecular complexity index is 917. The standard InChI is InChI=1S/C20H15ClN2O3/c21-15-10-8-14(9-11-15)13-17(23-20(25)18-7-4-12-26-18)19(24)22-16-5-2-1-3-6-16/h1-13H,(H,22,24)(H,23,25)/b17-13-. The number of anilines is 1. The fourth-order valence-electron chi connectivity index (χ4n) is 2.20. The molecular weight excluding hydrogens is 352 g/mol. The van der Waals surface area contributed by atoms with Gasteiger partial charge in [0.2, 0.25) is 0 Å². The minimum atomic E-state index is -0.515. The van der Waals surface area contributed by atoms with Gasteiger partial charge in [-0.05, 0) is 48.0 Å². The third kappa shape index (κ3) is 4.62. The Morgan fingerprint density at radius 3 is 2.31 bits per heavy atom. The first-order valence-corrected chi connectivity index (χ1v) is 8.18. The van der Waals surface area contributed by atoms with Crippen molar-refractivity contribution in [3.05, 3.63) is 95.0 Å². The van der Waals surface area contributed by atoms with Crippen LogP contribution in [-0.2, 0) is 4.79 Å². The van der Waals surface area contributed by atoms with Gasteiger partial charge in [0.15, 0.2) is 5.76 Å². The van der Waals surface area contributed by atoms with Crippen molar-refractivity contribution < 1.29 is 14.0 Å². The maximum Gasteiger partial charge on any atom is 0.291 e. The molecule has 0 atom stereocenters. The number of rotatable bonds is 5. The maximum absolute atomic E-state index is 12.6. The highest BCUT2D eigenvalue weighted by molar-refractivity contribution is 6.30. The van der Waals surface area contributed by atoms with Crippen LogP contribution in [0.2, 0.25) is 5.02 Å². The molecule has 2 N–H and O–H groups in total. The van der Waals surface area contributed by atoms with Gasteiger partial charge in [-0.2, -0.15) is 0 Å². The van der Waals surface area contributed by atoms with E-state index in [-0.39, 0.29) is 11.5 Å². The van der Waals surface area contributed by atoms with E-state index in [2.05, 4.69) is 10.6 Å². The Balaban J connectivity index is 1.86. The number of benzene rings is 2. The molecule has 3 aromatic rings. The highest BCUT2D eigenvalue weighted by atomic mass is 35.5. The number of amides is 2. The molecule has 0 aliphatic heterocycles. The van der Waals surface area contributed by atoms with Gasteiger partial charge in [0.25, 0.3) is 11.8 Å². The van der Waals surface area contributed by atoms with Crippen molar-refractivity contribution in [1.29, 1.82) is 0 Å². The van der Waals surface area contributed by atoms with Gasteiger partial charge < -0.3 is 15.1 Å². The quantitative estimate of drug-likeness (QED) is 0.660. The second-order valence-corrected chi connectivity index (χ2v) is 5.80. The Morgan fingerprint density at radius 2 is 1.65 bits per heavy atom. The van der Waals surface area contributed by atoms with E-state index in [0.717, 1.165) is 0 Å². The summed E-state index contributed by atoms with van der Waals surface area (Å²) in [4.78, 5) is 24.9. The van der Waals surface area contributed by atoms with E-state index in [4.69, 9.17) is 16.0 Å². The van der Waals surface area contributed by atoms with E-state index in [0.29, 0.717) is 16.3 Å². The van der Waals surface area contributed by atoms with Crippen LogP contribution in [0.3, 0.4) is 0 Å². The largest absolute Gasteiger partial charge is 0.459 e. The molecule has 3 rings (SSSR count). The number of carbonyl (C=O) groups excluding carboxylic acids is 2. The van der Waals surface area contributed by atoms with E-state index in [1.54, 1.807) is 60.7 Å². The molecule has 0 radical (unpaired) electrons. The normalized spacial score (nSPS) is 11.0. The van der Waals surface area contributed by atoms with Gasteiger partial charge in [0, 0.05) is 10.7 Å². The van der Waals surface area contributed by atoms with Crippen molar-refractivity contribution in [3.63, 3.8) is 0 Å². The summed E-state index contributed by atoms with van der Waals surface area (Å²) < 4.78 is 5.07. The summed E-state index contributed by atoms with van der Waals surface area (Å²) in [5, 5.41) is 5.91. The van der Waals surface area contributed by atoms with Crippen LogP contribution >= 0.6 is 11.6 Å². The van der Waals surface area contributed by atoms with Crippen LogP contribution in [0, 0.1) is 0 Å². The van der Waals surface area contributed by atoms with E-state index >= 15 is 0 Å². The predicted octanol–water partition coefficient (Wildman–Crippen LogP) is 4.34. The highest BCUT2D eigenvalue weighted by Crippen LogP contribution is 2.14. The van der Waals surface area contributed by atoms with Gasteiger partial charge in [-0.3, -0.25) is 9.59 Å². The Hall–Kier alpha value is -3.31. The average molecular weight is 367 g/mol. The zero-order chi connectivity index (χ0) is 18.4. The summed E-state index contributed by atoms with van der Waals surface area (Å²) in [6, 6.07) is 19.0. The molecule has 0 saturated heterocycles. The molecule has 0 unspecified atom stereocenters. The molecule has 0 spiro atoms. The van der Waals surface area contributed by atoms with Gasteiger partial charge in [0.05, 0.1) is 6.26 Å². The molecule has 130 valence electrons. The summed E-state index contributed by atoms with van der Waals surface area (Å²) in [6.07, 6.45) is 2.96. The van der Waals surface area contributed by atoms with Gasteiger partial charge in [0.1, 0.15) is 5.70 Å². The van der Waals surface area contributed by atoms with Crippen molar-refractivity contribution in [2.24, 2.45) is 0 Å². The third-order valence-electron chi connectivity index (χ3n) is 3.45. The van der Waals surface area contributed by atoms with Crippen LogP contribution < -0.4 is 10.6 Å². The van der Waals surface area contributed by atoms with Crippen LogP contribution in [0.4, 0.5) is 5.69 Å². The number of hydrogen-bond acceptors (Lipinski definition) is 3. The Kier molecular flexibility index (Phi) is 5.51. The molecule has 0 aliphatic rings. The van der Waals surface area contributed by atoms with Gasteiger partial charge >= 0.3 is 0 Å². The van der Waals surface area contributed by atoms with Gasteiger partial charge in [-0.25, -0.2) is 0 Å². The minimum Gasteiger partial charge on any atom is -0.459 e. The molecule has 1 aromatic heterocycles. The fourth-order valence-corrected chi connectivity index (χ4v) is 2.32. The van der Waals surface area contributed by atoms with E-state index in [1.165, 1.54) is 12.3 Å². The first-order valence-electron chi connectivity index (χ1n) is 7.80. The van der Waals surface area contributed by atoms with Crippen molar-refractivity contribution in [1.82, 2.24) is 5.32 Å². The lowest BCUT2D eigenvalue weighted by atomic mass is 10.2. The van der Waals surface area contributed by atoms with Crippen molar-refractivity contribution in [2.75, 3.05) is 5.32 Å². The van der Waals surface area contributed by atoms with Crippen LogP contribution in [0.25, 0.3) is 6.08 Å². The number of halogens is 1. The fraction of sp³-hybridized carbons (Fsp3) is 0. The van der Waals surface area contributed by atoms with Crippen LogP contribution in [0.15, 0.2) is 83.1 Å². The molecule has 26 heavy (non-hydrogen) atoms. The van der Waals surface area contributed by atoms with E-state index in [1.807, 2.05) is 6.07 Å². The molecule has 6 heteroatoms. The molecule has 2 aromatic carbocycles. The second-order valence-electron chi connectivity index (χ2n) is 5.36. The molecule has 0 bridgehead atoms. The lowest BCUT2D eigenvalue weighted by molar-refractivity contribution is -0.113. The zero-order valence-electron chi connectivity index (χ0n) is 13.6. The summed E-state index contributed by atoms with van der Waals surface area (Å²) in [5.74, 6) is -0.857. The maximum atomic E-state index is 12.6. The van der Waals surface area contributed by atoms with Gasteiger partial charge in [-0.15, -0.1) is 0 Å². The zero-order valence-corrected chi connectivity index (χ0v) is 14.4. The number of hydrogen-bond donors (Lipinski definition) is 2. The summed E-state index contributed by atoms with van der Waals surface area (Å²) in [7, 11) is 0. The lowest BCUT2D eigenvalue weighted by Gasteiger charge is -2.10. The SMILES string of the molecule is O=C(Nc1ccccc1)/C(=C/c1ccc(Cl)cc1)NC(=O)c1ccco1. The number of furan rings is 1. The van der Waals surface area contributed by atoms with Crippen molar-refractivity contribution >= 4 is 35.2 Å². The summed E-state index contributed by atoms with van der Waals surface area (Å²) in [5.41, 5.74) is 1.41. The predicted molar refractivity (Wildman–Crippen MR) is 101 cm³/mol. The number of nitrogens with one attached hydrogen (secondary N) is 2. The van der Waals surface area contributed by atoms with Crippen LogP contribution in [-0.4, -0.2) is 11.8 Å². The molecule has 0 saturated carbocycles. The smallest absolute Gasteiger partial charge is 0.291 e. The number of carbonyl (C=O) groups is 2. The van der Waals surface area contributed by atoms with Crippen molar-refractivity contribution in [3.8, 4) is 0 Å². The first kappa shape index (κ1) is 17.5. The molecule has 0 aliphatic carbocycles. The highest BCUT2D eigenvalue weighted by Gasteiger charge is 2.16. The minimum absolute atomic E-state index is 0.0811. The third-order valence-corrected chi connectivity index (χ3v) is 3.70. The first-order chi connectivity index (χ1) is 12.6. The topological polar surface area (TPSA) is 71.3 Å². The molecule has 2 amide bonds. The molecule has 1 heterocycles. The molecular formula is C20H15ClN2O3. The van der Waals surface area contributed by atoms with Crippen LogP contribution in [0.5, 0.6) is 0 Å². The monoisotopic (exact) mass is 366 g/mol. The summed E-state index contributed by atoms with van der Waals surface area (Å²) in [6.45, 7) is 0. The Morgan fingerprint density at radius 1 is 0.923 bits per heavy atom.